The maximum Gasteiger partial charge on any atom is 0.263 e. The quantitative estimate of drug-likeness (QED) is 0.613. The first-order valence-electron chi connectivity index (χ1n) is 8.77. The minimum Gasteiger partial charge on any atom is -0.486 e. The van der Waals surface area contributed by atoms with Crippen molar-refractivity contribution < 1.29 is 18.7 Å². The van der Waals surface area contributed by atoms with E-state index in [2.05, 4.69) is 10.3 Å². The molecule has 1 N–H and O–H groups in total. The molecule has 0 spiro atoms. The monoisotopic (exact) mass is 400 g/mol. The van der Waals surface area contributed by atoms with Gasteiger partial charge in [0, 0.05) is 13.7 Å². The molecule has 0 bridgehead atoms. The number of benzene rings is 2. The van der Waals surface area contributed by atoms with Crippen molar-refractivity contribution in [3.8, 4) is 5.75 Å². The van der Waals surface area contributed by atoms with E-state index in [4.69, 9.17) is 9.47 Å². The van der Waals surface area contributed by atoms with Crippen LogP contribution in [-0.4, -0.2) is 24.5 Å². The van der Waals surface area contributed by atoms with Crippen molar-refractivity contribution in [2.75, 3.05) is 13.7 Å². The number of halogens is 1. The first-order valence-corrected chi connectivity index (χ1v) is 9.59. The zero-order chi connectivity index (χ0) is 19.9. The van der Waals surface area contributed by atoms with Gasteiger partial charge in [-0.2, -0.15) is 0 Å². The summed E-state index contributed by atoms with van der Waals surface area (Å²) in [4.78, 5) is 17.5. The number of nitrogens with one attached hydrogen (secondary N) is 1. The van der Waals surface area contributed by atoms with Crippen molar-refractivity contribution in [1.82, 2.24) is 10.3 Å². The van der Waals surface area contributed by atoms with Gasteiger partial charge in [-0.15, -0.1) is 11.3 Å². The van der Waals surface area contributed by atoms with E-state index in [0.29, 0.717) is 27.9 Å². The number of aryl methyl sites for hydroxylation is 1. The average molecular weight is 400 g/mol. The molecule has 0 radical (unpaired) electrons. The summed E-state index contributed by atoms with van der Waals surface area (Å²) in [5.41, 5.74) is 1.65. The summed E-state index contributed by atoms with van der Waals surface area (Å²) in [5, 5.41) is 3.59. The van der Waals surface area contributed by atoms with Gasteiger partial charge in [-0.25, -0.2) is 9.37 Å². The average Bonchev–Trinajstić information content (AvgIpc) is 3.09. The van der Waals surface area contributed by atoms with Gasteiger partial charge >= 0.3 is 0 Å². The number of carbonyl (C=O) groups is 1. The smallest absolute Gasteiger partial charge is 0.263 e. The van der Waals surface area contributed by atoms with Gasteiger partial charge in [0.25, 0.3) is 5.91 Å². The SMILES string of the molecule is COC(CNC(=O)c1sc(COc2ccc(F)cc2)nc1C)c1ccccc1. The van der Waals surface area contributed by atoms with Crippen LogP contribution in [0.4, 0.5) is 4.39 Å². The van der Waals surface area contributed by atoms with E-state index in [1.807, 2.05) is 30.3 Å². The summed E-state index contributed by atoms with van der Waals surface area (Å²) in [6.07, 6.45) is -0.223. The summed E-state index contributed by atoms with van der Waals surface area (Å²) < 4.78 is 24.0. The van der Waals surface area contributed by atoms with Gasteiger partial charge in [-0.1, -0.05) is 30.3 Å². The number of carbonyl (C=O) groups excluding carboxylic acids is 1. The third-order valence-corrected chi connectivity index (χ3v) is 5.26. The Bertz CT molecular complexity index is 913. The summed E-state index contributed by atoms with van der Waals surface area (Å²) in [6.45, 7) is 2.37. The lowest BCUT2D eigenvalue weighted by molar-refractivity contribution is 0.0830. The highest BCUT2D eigenvalue weighted by molar-refractivity contribution is 7.13. The predicted molar refractivity (Wildman–Crippen MR) is 106 cm³/mol. The minimum atomic E-state index is -0.318. The fraction of sp³-hybridized carbons (Fsp3) is 0.238. The number of ether oxygens (including phenoxy) is 2. The predicted octanol–water partition coefficient (Wildman–Crippen LogP) is 4.29. The highest BCUT2D eigenvalue weighted by Crippen LogP contribution is 2.21. The molecular formula is C21H21FN2O3S. The van der Waals surface area contributed by atoms with Crippen LogP contribution in [0.5, 0.6) is 5.75 Å². The lowest BCUT2D eigenvalue weighted by Gasteiger charge is -2.16. The van der Waals surface area contributed by atoms with Crippen LogP contribution < -0.4 is 10.1 Å². The first-order chi connectivity index (χ1) is 13.6. The molecule has 1 aromatic heterocycles. The number of nitrogens with zero attached hydrogens (tertiary/aromatic N) is 1. The second kappa shape index (κ2) is 9.43. The molecule has 1 atom stereocenters. The Morgan fingerprint density at radius 2 is 1.89 bits per heavy atom. The molecule has 7 heteroatoms. The third kappa shape index (κ3) is 5.15. The Morgan fingerprint density at radius 3 is 2.57 bits per heavy atom. The summed E-state index contributed by atoms with van der Waals surface area (Å²) in [5.74, 6) is 0.0355. The van der Waals surface area contributed by atoms with Gasteiger partial charge in [0.1, 0.15) is 28.1 Å². The standard InChI is InChI=1S/C21H21FN2O3S/c1-14-20(21(25)23-12-18(26-2)15-6-4-3-5-7-15)28-19(24-14)13-27-17-10-8-16(22)9-11-17/h3-11,18H,12-13H2,1-2H3,(H,23,25). The van der Waals surface area contributed by atoms with Crippen LogP contribution in [0.25, 0.3) is 0 Å². The molecule has 0 aliphatic heterocycles. The Balaban J connectivity index is 1.58. The van der Waals surface area contributed by atoms with Crippen LogP contribution in [0, 0.1) is 12.7 Å². The number of hydrogen-bond donors (Lipinski definition) is 1. The highest BCUT2D eigenvalue weighted by atomic mass is 32.1. The van der Waals surface area contributed by atoms with Crippen molar-refractivity contribution in [1.29, 1.82) is 0 Å². The summed E-state index contributed by atoms with van der Waals surface area (Å²) >= 11 is 1.28. The zero-order valence-electron chi connectivity index (χ0n) is 15.6. The fourth-order valence-electron chi connectivity index (χ4n) is 2.67. The largest absolute Gasteiger partial charge is 0.486 e. The fourth-order valence-corrected chi connectivity index (χ4v) is 3.57. The van der Waals surface area contributed by atoms with Gasteiger partial charge in [0.2, 0.25) is 0 Å². The van der Waals surface area contributed by atoms with Gasteiger partial charge < -0.3 is 14.8 Å². The molecule has 5 nitrogen and oxygen atoms in total. The van der Waals surface area contributed by atoms with E-state index < -0.39 is 0 Å². The van der Waals surface area contributed by atoms with Crippen molar-refractivity contribution in [2.45, 2.75) is 19.6 Å². The maximum absolute atomic E-state index is 12.9. The van der Waals surface area contributed by atoms with Gasteiger partial charge in [0.05, 0.1) is 11.8 Å². The summed E-state index contributed by atoms with van der Waals surface area (Å²) in [6, 6.07) is 15.5. The van der Waals surface area contributed by atoms with Crippen LogP contribution in [0.3, 0.4) is 0 Å². The first kappa shape index (κ1) is 20.0. The van der Waals surface area contributed by atoms with E-state index in [0.717, 1.165) is 5.56 Å². The molecule has 3 aromatic rings. The van der Waals surface area contributed by atoms with E-state index in [1.54, 1.807) is 26.2 Å². The van der Waals surface area contributed by atoms with Gasteiger partial charge in [-0.05, 0) is 36.8 Å². The second-order valence-corrected chi connectivity index (χ2v) is 7.19. The van der Waals surface area contributed by atoms with Crippen LogP contribution >= 0.6 is 11.3 Å². The topological polar surface area (TPSA) is 60.5 Å². The second-order valence-electron chi connectivity index (χ2n) is 6.11. The Morgan fingerprint density at radius 1 is 1.18 bits per heavy atom. The molecule has 0 aliphatic carbocycles. The molecule has 1 heterocycles. The molecule has 0 fully saturated rings. The minimum absolute atomic E-state index is 0.194. The number of hydrogen-bond acceptors (Lipinski definition) is 5. The number of aromatic nitrogens is 1. The third-order valence-electron chi connectivity index (χ3n) is 4.13. The van der Waals surface area contributed by atoms with Crippen LogP contribution in [-0.2, 0) is 11.3 Å². The van der Waals surface area contributed by atoms with E-state index in [1.165, 1.54) is 23.5 Å². The number of methoxy groups -OCH3 is 1. The molecule has 0 aliphatic rings. The van der Waals surface area contributed by atoms with Crippen molar-refractivity contribution in [3.63, 3.8) is 0 Å². The van der Waals surface area contributed by atoms with Crippen molar-refractivity contribution >= 4 is 17.2 Å². The Kier molecular flexibility index (Phi) is 6.73. The van der Waals surface area contributed by atoms with Crippen molar-refractivity contribution in [2.24, 2.45) is 0 Å². The van der Waals surface area contributed by atoms with Crippen molar-refractivity contribution in [3.05, 3.63) is 81.6 Å². The van der Waals surface area contributed by atoms with Gasteiger partial charge in [-0.3, -0.25) is 4.79 Å². The lowest BCUT2D eigenvalue weighted by atomic mass is 10.1. The molecule has 1 unspecified atom stereocenters. The molecular weight excluding hydrogens is 379 g/mol. The molecule has 0 saturated carbocycles. The molecule has 1 amide bonds. The van der Waals surface area contributed by atoms with Crippen LogP contribution in [0.2, 0.25) is 0 Å². The molecule has 2 aromatic carbocycles. The highest BCUT2D eigenvalue weighted by Gasteiger charge is 2.18. The van der Waals surface area contributed by atoms with Crippen LogP contribution in [0.1, 0.15) is 32.0 Å². The lowest BCUT2D eigenvalue weighted by Crippen LogP contribution is -2.29. The number of thiazole rings is 1. The van der Waals surface area contributed by atoms with E-state index >= 15 is 0 Å². The molecule has 146 valence electrons. The normalized spacial score (nSPS) is 11.8. The summed E-state index contributed by atoms with van der Waals surface area (Å²) in [7, 11) is 1.62. The van der Waals surface area contributed by atoms with E-state index in [-0.39, 0.29) is 24.4 Å². The Hall–Kier alpha value is -2.77. The van der Waals surface area contributed by atoms with Crippen LogP contribution in [0.15, 0.2) is 54.6 Å². The maximum atomic E-state index is 12.9. The molecule has 28 heavy (non-hydrogen) atoms. The number of rotatable bonds is 8. The molecule has 3 rings (SSSR count). The molecule has 0 saturated heterocycles. The Labute approximate surface area is 167 Å². The van der Waals surface area contributed by atoms with Gasteiger partial charge in [0.15, 0.2) is 0 Å². The van der Waals surface area contributed by atoms with E-state index in [9.17, 15) is 9.18 Å². The zero-order valence-corrected chi connectivity index (χ0v) is 16.5. The number of amides is 1.